The van der Waals surface area contributed by atoms with Crippen LogP contribution in [0.3, 0.4) is 0 Å². The van der Waals surface area contributed by atoms with Gasteiger partial charge in [0.15, 0.2) is 6.73 Å². The van der Waals surface area contributed by atoms with E-state index < -0.39 is 0 Å². The average Bonchev–Trinajstić information content (AvgIpc) is 3.27. The molecule has 0 saturated heterocycles. The van der Waals surface area contributed by atoms with E-state index in [4.69, 9.17) is 4.74 Å². The highest BCUT2D eigenvalue weighted by Crippen LogP contribution is 2.16. The second kappa shape index (κ2) is 8.66. The van der Waals surface area contributed by atoms with E-state index in [9.17, 15) is 4.79 Å². The van der Waals surface area contributed by atoms with E-state index >= 15 is 0 Å². The van der Waals surface area contributed by atoms with Crippen molar-refractivity contribution in [2.24, 2.45) is 0 Å². The maximum absolute atomic E-state index is 12.1. The van der Waals surface area contributed by atoms with Gasteiger partial charge in [-0.1, -0.05) is 15.9 Å². The summed E-state index contributed by atoms with van der Waals surface area (Å²) in [5, 5.41) is 11.4. The van der Waals surface area contributed by atoms with Gasteiger partial charge in [0.1, 0.15) is 11.4 Å². The summed E-state index contributed by atoms with van der Waals surface area (Å²) in [4.78, 5) is 12.1. The number of aromatic nitrogens is 4. The number of benzene rings is 1. The van der Waals surface area contributed by atoms with Crippen LogP contribution in [0.25, 0.3) is 0 Å². The van der Waals surface area contributed by atoms with Crippen LogP contribution in [0.1, 0.15) is 22.6 Å². The van der Waals surface area contributed by atoms with Gasteiger partial charge in [-0.2, -0.15) is 10.2 Å². The van der Waals surface area contributed by atoms with Gasteiger partial charge >= 0.3 is 0 Å². The molecule has 0 bridgehead atoms. The number of hydrogen-bond donors (Lipinski definition) is 1. The fourth-order valence-electron chi connectivity index (χ4n) is 2.35. The third kappa shape index (κ3) is 5.19. The third-order valence-corrected chi connectivity index (χ3v) is 4.20. The zero-order valence-corrected chi connectivity index (χ0v) is 16.0. The Hall–Kier alpha value is -2.61. The zero-order valence-electron chi connectivity index (χ0n) is 14.4. The Kier molecular flexibility index (Phi) is 6.06. The fraction of sp³-hybridized carbons (Fsp3) is 0.278. The van der Waals surface area contributed by atoms with Gasteiger partial charge in [-0.25, -0.2) is 4.68 Å². The smallest absolute Gasteiger partial charge is 0.271 e. The number of nitrogens with one attached hydrogen (secondary N) is 1. The zero-order chi connectivity index (χ0) is 18.4. The molecule has 0 fully saturated rings. The molecule has 8 heteroatoms. The Bertz CT molecular complexity index is 857. The lowest BCUT2D eigenvalue weighted by Crippen LogP contribution is -2.26. The Labute approximate surface area is 160 Å². The number of carbonyl (C=O) groups excluding carboxylic acids is 1. The van der Waals surface area contributed by atoms with Gasteiger partial charge in [-0.15, -0.1) is 0 Å². The molecule has 2 heterocycles. The molecule has 136 valence electrons. The second-order valence-electron chi connectivity index (χ2n) is 5.80. The number of ether oxygens (including phenoxy) is 1. The van der Waals surface area contributed by atoms with E-state index in [0.29, 0.717) is 12.2 Å². The minimum atomic E-state index is -0.191. The lowest BCUT2D eigenvalue weighted by atomic mass is 10.3. The van der Waals surface area contributed by atoms with Crippen molar-refractivity contribution in [1.82, 2.24) is 24.9 Å². The SMILES string of the molecule is Cc1ccn(CCCNC(=O)c2ccn(COc3ccc(Br)cc3)n2)n1. The Morgan fingerprint density at radius 1 is 1.12 bits per heavy atom. The third-order valence-electron chi connectivity index (χ3n) is 3.67. The summed E-state index contributed by atoms with van der Waals surface area (Å²) in [7, 11) is 0. The number of aryl methyl sites for hydroxylation is 2. The summed E-state index contributed by atoms with van der Waals surface area (Å²) in [6.45, 7) is 3.53. The van der Waals surface area contributed by atoms with E-state index in [1.807, 2.05) is 48.1 Å². The first-order valence-electron chi connectivity index (χ1n) is 8.30. The van der Waals surface area contributed by atoms with E-state index in [1.54, 1.807) is 16.9 Å². The molecule has 1 N–H and O–H groups in total. The van der Waals surface area contributed by atoms with Gasteiger partial charge in [0.2, 0.25) is 0 Å². The van der Waals surface area contributed by atoms with Gasteiger partial charge < -0.3 is 10.1 Å². The lowest BCUT2D eigenvalue weighted by Gasteiger charge is -2.06. The summed E-state index contributed by atoms with van der Waals surface area (Å²) in [6.07, 6.45) is 4.46. The summed E-state index contributed by atoms with van der Waals surface area (Å²) in [5.41, 5.74) is 1.37. The van der Waals surface area contributed by atoms with Gasteiger partial charge in [0.05, 0.1) is 5.69 Å². The molecule has 1 aromatic carbocycles. The molecule has 0 atom stereocenters. The molecule has 0 aliphatic carbocycles. The monoisotopic (exact) mass is 417 g/mol. The highest BCUT2D eigenvalue weighted by Gasteiger charge is 2.09. The van der Waals surface area contributed by atoms with Crippen molar-refractivity contribution >= 4 is 21.8 Å². The molecule has 0 saturated carbocycles. The van der Waals surface area contributed by atoms with E-state index in [2.05, 4.69) is 31.4 Å². The van der Waals surface area contributed by atoms with Crippen molar-refractivity contribution in [3.05, 3.63) is 64.7 Å². The maximum Gasteiger partial charge on any atom is 0.271 e. The molecule has 26 heavy (non-hydrogen) atoms. The van der Waals surface area contributed by atoms with Crippen LogP contribution in [-0.4, -0.2) is 32.0 Å². The van der Waals surface area contributed by atoms with Crippen LogP contribution in [0.15, 0.2) is 53.3 Å². The number of rotatable bonds is 8. The van der Waals surface area contributed by atoms with Crippen molar-refractivity contribution in [1.29, 1.82) is 0 Å². The van der Waals surface area contributed by atoms with Gasteiger partial charge in [0, 0.05) is 30.0 Å². The number of hydrogen-bond acceptors (Lipinski definition) is 4. The van der Waals surface area contributed by atoms with E-state index in [-0.39, 0.29) is 12.6 Å². The van der Waals surface area contributed by atoms with Crippen LogP contribution >= 0.6 is 15.9 Å². The largest absolute Gasteiger partial charge is 0.471 e. The normalized spacial score (nSPS) is 10.7. The summed E-state index contributed by atoms with van der Waals surface area (Å²) in [6, 6.07) is 11.2. The molecule has 1 amide bonds. The van der Waals surface area contributed by atoms with Crippen LogP contribution in [-0.2, 0) is 13.3 Å². The fourth-order valence-corrected chi connectivity index (χ4v) is 2.61. The molecule has 0 aliphatic heterocycles. The van der Waals surface area contributed by atoms with Crippen molar-refractivity contribution in [2.45, 2.75) is 26.6 Å². The highest BCUT2D eigenvalue weighted by atomic mass is 79.9. The Balaban J connectivity index is 1.41. The van der Waals surface area contributed by atoms with Crippen molar-refractivity contribution in [3.8, 4) is 5.75 Å². The minimum absolute atomic E-state index is 0.191. The summed E-state index contributed by atoms with van der Waals surface area (Å²) >= 11 is 3.38. The van der Waals surface area contributed by atoms with E-state index in [1.165, 1.54) is 0 Å². The first-order chi connectivity index (χ1) is 12.6. The van der Waals surface area contributed by atoms with Crippen molar-refractivity contribution < 1.29 is 9.53 Å². The Morgan fingerprint density at radius 3 is 2.62 bits per heavy atom. The first-order valence-corrected chi connectivity index (χ1v) is 9.09. The molecular weight excluding hydrogens is 398 g/mol. The summed E-state index contributed by atoms with van der Waals surface area (Å²) < 4.78 is 10.1. The predicted molar refractivity (Wildman–Crippen MR) is 101 cm³/mol. The molecule has 2 aromatic heterocycles. The number of carbonyl (C=O) groups is 1. The molecule has 0 unspecified atom stereocenters. The van der Waals surface area contributed by atoms with Gasteiger partial charge in [-0.3, -0.25) is 9.48 Å². The molecule has 0 aliphatic rings. The lowest BCUT2D eigenvalue weighted by molar-refractivity contribution is 0.0945. The van der Waals surface area contributed by atoms with Crippen LogP contribution in [0.4, 0.5) is 0 Å². The Morgan fingerprint density at radius 2 is 1.88 bits per heavy atom. The molecule has 0 radical (unpaired) electrons. The summed E-state index contributed by atoms with van der Waals surface area (Å²) in [5.74, 6) is 0.549. The maximum atomic E-state index is 12.1. The quantitative estimate of drug-likeness (QED) is 0.571. The number of amides is 1. The number of nitrogens with zero attached hydrogens (tertiary/aromatic N) is 4. The van der Waals surface area contributed by atoms with Crippen molar-refractivity contribution in [3.63, 3.8) is 0 Å². The molecule has 3 rings (SSSR count). The molecule has 0 spiro atoms. The minimum Gasteiger partial charge on any atom is -0.471 e. The molecule has 7 nitrogen and oxygen atoms in total. The van der Waals surface area contributed by atoms with Crippen molar-refractivity contribution in [2.75, 3.05) is 6.54 Å². The second-order valence-corrected chi connectivity index (χ2v) is 6.71. The van der Waals surface area contributed by atoms with Crippen LogP contribution in [0.5, 0.6) is 5.75 Å². The van der Waals surface area contributed by atoms with E-state index in [0.717, 1.165) is 28.9 Å². The number of halogens is 1. The molecular formula is C18H20BrN5O2. The average molecular weight is 418 g/mol. The topological polar surface area (TPSA) is 74.0 Å². The van der Waals surface area contributed by atoms with Gasteiger partial charge in [0.25, 0.3) is 5.91 Å². The first kappa shape index (κ1) is 18.2. The molecule has 3 aromatic rings. The van der Waals surface area contributed by atoms with Crippen LogP contribution < -0.4 is 10.1 Å². The predicted octanol–water partition coefficient (Wildman–Crippen LogP) is 3.01. The van der Waals surface area contributed by atoms with Crippen LogP contribution in [0.2, 0.25) is 0 Å². The highest BCUT2D eigenvalue weighted by molar-refractivity contribution is 9.10. The van der Waals surface area contributed by atoms with Crippen LogP contribution in [0, 0.1) is 6.92 Å². The standard InChI is InChI=1S/C18H20BrN5O2/c1-14-7-11-23(21-14)10-2-9-20-18(25)17-8-12-24(22-17)13-26-16-5-3-15(19)4-6-16/h3-8,11-12H,2,9-10,13H2,1H3,(H,20,25). The van der Waals surface area contributed by atoms with Gasteiger partial charge in [-0.05, 0) is 49.7 Å².